The molecule has 2 N–H and O–H groups in total. The van der Waals surface area contributed by atoms with Gasteiger partial charge in [0.15, 0.2) is 0 Å². The predicted octanol–water partition coefficient (Wildman–Crippen LogP) is 3.46. The lowest BCUT2D eigenvalue weighted by Crippen LogP contribution is -2.54. The van der Waals surface area contributed by atoms with E-state index in [9.17, 15) is 0 Å². The molecule has 0 unspecified atom stereocenters. The van der Waals surface area contributed by atoms with Gasteiger partial charge in [-0.25, -0.2) is 0 Å². The van der Waals surface area contributed by atoms with Crippen molar-refractivity contribution in [2.24, 2.45) is 11.7 Å². The molecule has 2 nitrogen and oxygen atoms in total. The van der Waals surface area contributed by atoms with Crippen molar-refractivity contribution in [1.82, 2.24) is 4.90 Å². The smallest absolute Gasteiger partial charge is 0.0328 e. The van der Waals surface area contributed by atoms with Crippen molar-refractivity contribution < 1.29 is 0 Å². The first-order valence-corrected chi connectivity index (χ1v) is 8.11. The van der Waals surface area contributed by atoms with E-state index in [0.717, 1.165) is 19.0 Å². The van der Waals surface area contributed by atoms with E-state index in [0.29, 0.717) is 0 Å². The van der Waals surface area contributed by atoms with Gasteiger partial charge in [0.05, 0.1) is 0 Å². The van der Waals surface area contributed by atoms with Crippen LogP contribution in [0.1, 0.15) is 44.6 Å². The largest absolute Gasteiger partial charge is 0.329 e. The summed E-state index contributed by atoms with van der Waals surface area (Å²) >= 11 is 0. The highest BCUT2D eigenvalue weighted by Crippen LogP contribution is 2.35. The zero-order valence-electron chi connectivity index (χ0n) is 13.1. The minimum Gasteiger partial charge on any atom is -0.329 e. The third-order valence-corrected chi connectivity index (χ3v) is 5.20. The van der Waals surface area contributed by atoms with Crippen LogP contribution in [-0.2, 0) is 6.42 Å². The van der Waals surface area contributed by atoms with E-state index in [1.54, 1.807) is 0 Å². The maximum absolute atomic E-state index is 6.13. The van der Waals surface area contributed by atoms with Crippen LogP contribution in [-0.4, -0.2) is 30.6 Å². The summed E-state index contributed by atoms with van der Waals surface area (Å²) in [6, 6.07) is 10.8. The number of likely N-dealkylation sites (N-methyl/N-ethyl adjacent to an activating group) is 1. The SMILES string of the molecule is CC1CCC(CN)(N(C)CCCc2ccccc2)CC1. The number of hydrogen-bond donors (Lipinski definition) is 1. The van der Waals surface area contributed by atoms with Crippen LogP contribution in [0.3, 0.4) is 0 Å². The third kappa shape index (κ3) is 3.83. The third-order valence-electron chi connectivity index (χ3n) is 5.20. The van der Waals surface area contributed by atoms with Gasteiger partial charge in [0.2, 0.25) is 0 Å². The lowest BCUT2D eigenvalue weighted by Gasteiger charge is -2.45. The maximum Gasteiger partial charge on any atom is 0.0328 e. The van der Waals surface area contributed by atoms with E-state index in [1.165, 1.54) is 44.1 Å². The van der Waals surface area contributed by atoms with E-state index in [-0.39, 0.29) is 5.54 Å². The van der Waals surface area contributed by atoms with Gasteiger partial charge in [-0.2, -0.15) is 0 Å². The summed E-state index contributed by atoms with van der Waals surface area (Å²) in [5.74, 6) is 0.882. The molecule has 2 heteroatoms. The number of aryl methyl sites for hydroxylation is 1. The lowest BCUT2D eigenvalue weighted by molar-refractivity contribution is 0.0670. The van der Waals surface area contributed by atoms with Crippen LogP contribution >= 0.6 is 0 Å². The van der Waals surface area contributed by atoms with Crippen LogP contribution in [0.4, 0.5) is 0 Å². The van der Waals surface area contributed by atoms with E-state index in [1.807, 2.05) is 0 Å². The Morgan fingerprint density at radius 1 is 1.20 bits per heavy atom. The minimum absolute atomic E-state index is 0.267. The van der Waals surface area contributed by atoms with Crippen molar-refractivity contribution >= 4 is 0 Å². The van der Waals surface area contributed by atoms with Crippen molar-refractivity contribution in [2.45, 2.75) is 51.0 Å². The fourth-order valence-corrected chi connectivity index (χ4v) is 3.44. The highest BCUT2D eigenvalue weighted by molar-refractivity contribution is 5.14. The van der Waals surface area contributed by atoms with Crippen LogP contribution in [0.5, 0.6) is 0 Å². The summed E-state index contributed by atoms with van der Waals surface area (Å²) < 4.78 is 0. The maximum atomic E-state index is 6.13. The normalized spacial score (nSPS) is 26.9. The van der Waals surface area contributed by atoms with Gasteiger partial charge in [-0.05, 0) is 63.6 Å². The molecule has 0 aliphatic heterocycles. The molecule has 0 atom stereocenters. The zero-order valence-corrected chi connectivity index (χ0v) is 13.1. The molecule has 1 aromatic rings. The number of benzene rings is 1. The van der Waals surface area contributed by atoms with Gasteiger partial charge in [0.1, 0.15) is 0 Å². The fraction of sp³-hybridized carbons (Fsp3) is 0.667. The van der Waals surface area contributed by atoms with E-state index >= 15 is 0 Å². The molecular weight excluding hydrogens is 244 g/mol. The first-order chi connectivity index (χ1) is 9.66. The fourth-order valence-electron chi connectivity index (χ4n) is 3.44. The van der Waals surface area contributed by atoms with Crippen LogP contribution in [0.2, 0.25) is 0 Å². The number of nitrogens with zero attached hydrogens (tertiary/aromatic N) is 1. The average molecular weight is 274 g/mol. The number of nitrogens with two attached hydrogens (primary N) is 1. The molecular formula is C18H30N2. The Bertz CT molecular complexity index is 380. The van der Waals surface area contributed by atoms with Gasteiger partial charge in [0.25, 0.3) is 0 Å². The second-order valence-electron chi connectivity index (χ2n) is 6.62. The molecule has 20 heavy (non-hydrogen) atoms. The molecule has 0 aromatic heterocycles. The molecule has 1 aliphatic carbocycles. The van der Waals surface area contributed by atoms with Crippen molar-refractivity contribution in [3.8, 4) is 0 Å². The Morgan fingerprint density at radius 3 is 2.45 bits per heavy atom. The predicted molar refractivity (Wildman–Crippen MR) is 86.8 cm³/mol. The molecule has 1 aliphatic rings. The Kier molecular flexibility index (Phi) is 5.62. The van der Waals surface area contributed by atoms with Gasteiger partial charge in [-0.1, -0.05) is 37.3 Å². The van der Waals surface area contributed by atoms with Gasteiger partial charge < -0.3 is 5.73 Å². The molecule has 1 fully saturated rings. The minimum atomic E-state index is 0.267. The monoisotopic (exact) mass is 274 g/mol. The summed E-state index contributed by atoms with van der Waals surface area (Å²) in [6.07, 6.45) is 7.60. The van der Waals surface area contributed by atoms with Gasteiger partial charge in [0, 0.05) is 12.1 Å². The summed E-state index contributed by atoms with van der Waals surface area (Å²) in [5, 5.41) is 0. The second kappa shape index (κ2) is 7.24. The van der Waals surface area contributed by atoms with Gasteiger partial charge in [-0.3, -0.25) is 4.90 Å². The average Bonchev–Trinajstić information content (AvgIpc) is 2.49. The highest BCUT2D eigenvalue weighted by Gasteiger charge is 2.36. The van der Waals surface area contributed by atoms with Crippen molar-refractivity contribution in [1.29, 1.82) is 0 Å². The van der Waals surface area contributed by atoms with E-state index in [2.05, 4.69) is 49.2 Å². The topological polar surface area (TPSA) is 29.3 Å². The highest BCUT2D eigenvalue weighted by atomic mass is 15.2. The first-order valence-electron chi connectivity index (χ1n) is 8.11. The van der Waals surface area contributed by atoms with Crippen LogP contribution in [0.25, 0.3) is 0 Å². The van der Waals surface area contributed by atoms with Gasteiger partial charge >= 0.3 is 0 Å². The van der Waals surface area contributed by atoms with Crippen molar-refractivity contribution in [3.63, 3.8) is 0 Å². The van der Waals surface area contributed by atoms with E-state index < -0.39 is 0 Å². The lowest BCUT2D eigenvalue weighted by atomic mass is 9.76. The zero-order chi connectivity index (χ0) is 14.4. The summed E-state index contributed by atoms with van der Waals surface area (Å²) in [4.78, 5) is 2.54. The molecule has 1 saturated carbocycles. The molecule has 0 saturated heterocycles. The van der Waals surface area contributed by atoms with Crippen LogP contribution in [0, 0.1) is 5.92 Å². The molecule has 0 radical (unpaired) electrons. The summed E-state index contributed by atoms with van der Waals surface area (Å²) in [7, 11) is 2.27. The van der Waals surface area contributed by atoms with Crippen molar-refractivity contribution in [3.05, 3.63) is 35.9 Å². The molecule has 0 heterocycles. The van der Waals surface area contributed by atoms with Crippen molar-refractivity contribution in [2.75, 3.05) is 20.1 Å². The van der Waals surface area contributed by atoms with Gasteiger partial charge in [-0.15, -0.1) is 0 Å². The number of hydrogen-bond acceptors (Lipinski definition) is 2. The van der Waals surface area contributed by atoms with Crippen LogP contribution < -0.4 is 5.73 Å². The summed E-state index contributed by atoms with van der Waals surface area (Å²) in [5.41, 5.74) is 7.84. The molecule has 0 amide bonds. The molecule has 0 bridgehead atoms. The Balaban J connectivity index is 1.82. The standard InChI is InChI=1S/C18H30N2/c1-16-10-12-18(15-19,13-11-16)20(2)14-6-9-17-7-4-3-5-8-17/h3-5,7-8,16H,6,9-15,19H2,1-2H3. The first kappa shape index (κ1) is 15.5. The second-order valence-corrected chi connectivity index (χ2v) is 6.62. The molecule has 1 aromatic carbocycles. The number of rotatable bonds is 6. The summed E-state index contributed by atoms with van der Waals surface area (Å²) in [6.45, 7) is 4.33. The Morgan fingerprint density at radius 2 is 1.85 bits per heavy atom. The van der Waals surface area contributed by atoms with Crippen LogP contribution in [0.15, 0.2) is 30.3 Å². The Labute approximate surface area is 124 Å². The quantitative estimate of drug-likeness (QED) is 0.861. The molecule has 2 rings (SSSR count). The molecule has 112 valence electrons. The molecule has 0 spiro atoms. The Hall–Kier alpha value is -0.860. The van der Waals surface area contributed by atoms with E-state index in [4.69, 9.17) is 5.73 Å².